The number of likely N-dealkylation sites (N-methyl/N-ethyl adjacent to an activating group) is 1. The van der Waals surface area contributed by atoms with Crippen LogP contribution in [0.4, 0.5) is 5.13 Å². The number of hydrogen-bond donors (Lipinski definition) is 2. The summed E-state index contributed by atoms with van der Waals surface area (Å²) in [5, 5.41) is 8.19. The number of ether oxygens (including phenoxy) is 1. The lowest BCUT2D eigenvalue weighted by molar-refractivity contribution is -0.143. The Morgan fingerprint density at radius 1 is 1.42 bits per heavy atom. The van der Waals surface area contributed by atoms with Crippen molar-refractivity contribution in [1.82, 2.24) is 10.3 Å². The fraction of sp³-hybridized carbons (Fsp3) is 0.583. The van der Waals surface area contributed by atoms with Crippen LogP contribution in [0.2, 0.25) is 0 Å². The topological polar surface area (TPSA) is 80.3 Å². The van der Waals surface area contributed by atoms with Crippen LogP contribution < -0.4 is 10.6 Å². The van der Waals surface area contributed by atoms with Crippen LogP contribution in [0.1, 0.15) is 26.0 Å². The van der Waals surface area contributed by atoms with Crippen molar-refractivity contribution in [1.29, 1.82) is 0 Å². The molecule has 0 saturated heterocycles. The first-order valence-corrected chi connectivity index (χ1v) is 7.14. The highest BCUT2D eigenvalue weighted by Gasteiger charge is 2.07. The maximum atomic E-state index is 11.3. The summed E-state index contributed by atoms with van der Waals surface area (Å²) in [7, 11) is 0. The number of aromatic nitrogens is 1. The second-order valence-corrected chi connectivity index (χ2v) is 4.61. The van der Waals surface area contributed by atoms with Gasteiger partial charge in [-0.15, -0.1) is 11.3 Å². The van der Waals surface area contributed by atoms with E-state index in [9.17, 15) is 9.59 Å². The van der Waals surface area contributed by atoms with Crippen LogP contribution in [0, 0.1) is 0 Å². The van der Waals surface area contributed by atoms with E-state index in [1.807, 2.05) is 12.3 Å². The number of anilines is 1. The van der Waals surface area contributed by atoms with E-state index >= 15 is 0 Å². The number of hydrogen-bond acceptors (Lipinski definition) is 6. The molecule has 0 bridgehead atoms. The Kier molecular flexibility index (Phi) is 6.88. The number of carbonyl (C=O) groups is 2. The van der Waals surface area contributed by atoms with E-state index in [1.165, 1.54) is 11.3 Å². The van der Waals surface area contributed by atoms with Crippen molar-refractivity contribution in [3.63, 3.8) is 0 Å². The minimum atomic E-state index is -0.215. The van der Waals surface area contributed by atoms with Gasteiger partial charge in [-0.25, -0.2) is 4.98 Å². The molecule has 1 heterocycles. The minimum Gasteiger partial charge on any atom is -0.466 e. The zero-order valence-electron chi connectivity index (χ0n) is 11.2. The zero-order chi connectivity index (χ0) is 14.1. The summed E-state index contributed by atoms with van der Waals surface area (Å²) in [6.07, 6.45) is 0.880. The molecule has 1 rings (SSSR count). The van der Waals surface area contributed by atoms with E-state index in [2.05, 4.69) is 15.6 Å². The summed E-state index contributed by atoms with van der Waals surface area (Å²) in [6, 6.07) is 0. The zero-order valence-corrected chi connectivity index (χ0v) is 12.0. The number of thiazole rings is 1. The molecule has 0 aliphatic rings. The van der Waals surface area contributed by atoms with E-state index in [0.29, 0.717) is 31.1 Å². The monoisotopic (exact) mass is 285 g/mol. The van der Waals surface area contributed by atoms with Gasteiger partial charge in [-0.1, -0.05) is 0 Å². The molecule has 0 spiro atoms. The van der Waals surface area contributed by atoms with Crippen molar-refractivity contribution < 1.29 is 14.3 Å². The van der Waals surface area contributed by atoms with Gasteiger partial charge in [0.2, 0.25) is 5.91 Å². The average Bonchev–Trinajstić information content (AvgIpc) is 2.83. The molecule has 7 heteroatoms. The second-order valence-electron chi connectivity index (χ2n) is 3.76. The highest BCUT2D eigenvalue weighted by Crippen LogP contribution is 2.16. The molecule has 1 amide bonds. The van der Waals surface area contributed by atoms with Crippen molar-refractivity contribution >= 4 is 28.3 Å². The quantitative estimate of drug-likeness (QED) is 0.701. The molecule has 0 saturated carbocycles. The first-order chi connectivity index (χ1) is 9.15. The Balaban J connectivity index is 2.32. The summed E-state index contributed by atoms with van der Waals surface area (Å²) >= 11 is 1.42. The van der Waals surface area contributed by atoms with Crippen LogP contribution in [0.15, 0.2) is 5.38 Å². The first kappa shape index (κ1) is 15.4. The summed E-state index contributed by atoms with van der Waals surface area (Å²) in [4.78, 5) is 26.7. The molecule has 0 aliphatic carbocycles. The van der Waals surface area contributed by atoms with Crippen molar-refractivity contribution in [3.8, 4) is 0 Å². The SMILES string of the molecule is CCNC(=O)CNc1nc(CCC(=O)OCC)cs1. The van der Waals surface area contributed by atoms with Crippen molar-refractivity contribution in [2.45, 2.75) is 26.7 Å². The number of nitrogens with one attached hydrogen (secondary N) is 2. The fourth-order valence-electron chi connectivity index (χ4n) is 1.38. The Labute approximate surface area is 116 Å². The maximum absolute atomic E-state index is 11.3. The van der Waals surface area contributed by atoms with Gasteiger partial charge in [-0.3, -0.25) is 9.59 Å². The van der Waals surface area contributed by atoms with E-state index in [-0.39, 0.29) is 18.4 Å². The molecule has 106 valence electrons. The van der Waals surface area contributed by atoms with E-state index in [0.717, 1.165) is 5.69 Å². The molecule has 0 unspecified atom stereocenters. The predicted octanol–water partition coefficient (Wildman–Crippen LogP) is 1.19. The minimum absolute atomic E-state index is 0.0641. The number of aryl methyl sites for hydroxylation is 1. The first-order valence-electron chi connectivity index (χ1n) is 6.26. The predicted molar refractivity (Wildman–Crippen MR) is 74.2 cm³/mol. The van der Waals surface area contributed by atoms with Gasteiger partial charge in [0, 0.05) is 18.3 Å². The summed E-state index contributed by atoms with van der Waals surface area (Å²) in [6.45, 7) is 4.87. The molecule has 0 fully saturated rings. The largest absolute Gasteiger partial charge is 0.466 e. The smallest absolute Gasteiger partial charge is 0.306 e. The molecule has 2 N–H and O–H groups in total. The molecule has 0 radical (unpaired) electrons. The lowest BCUT2D eigenvalue weighted by Gasteiger charge is -2.02. The average molecular weight is 285 g/mol. The number of esters is 1. The van der Waals surface area contributed by atoms with Gasteiger partial charge in [0.15, 0.2) is 5.13 Å². The molecular formula is C12H19N3O3S. The van der Waals surface area contributed by atoms with Crippen LogP contribution in [-0.4, -0.2) is 36.6 Å². The van der Waals surface area contributed by atoms with Gasteiger partial charge in [0.1, 0.15) is 0 Å². The van der Waals surface area contributed by atoms with Crippen LogP contribution in [0.25, 0.3) is 0 Å². The third kappa shape index (κ3) is 6.19. The fourth-order valence-corrected chi connectivity index (χ4v) is 2.13. The maximum Gasteiger partial charge on any atom is 0.306 e. The third-order valence-electron chi connectivity index (χ3n) is 2.22. The lowest BCUT2D eigenvalue weighted by atomic mass is 10.2. The summed E-state index contributed by atoms with van der Waals surface area (Å²) in [5.74, 6) is -0.280. The molecule has 0 aromatic carbocycles. The second kappa shape index (κ2) is 8.47. The highest BCUT2D eigenvalue weighted by molar-refractivity contribution is 7.13. The summed E-state index contributed by atoms with van der Waals surface area (Å²) < 4.78 is 4.84. The summed E-state index contributed by atoms with van der Waals surface area (Å²) in [5.41, 5.74) is 0.830. The van der Waals surface area contributed by atoms with Crippen LogP contribution >= 0.6 is 11.3 Å². The molecular weight excluding hydrogens is 266 g/mol. The van der Waals surface area contributed by atoms with Crippen LogP contribution in [0.5, 0.6) is 0 Å². The van der Waals surface area contributed by atoms with Gasteiger partial charge in [-0.2, -0.15) is 0 Å². The van der Waals surface area contributed by atoms with Crippen LogP contribution in [-0.2, 0) is 20.7 Å². The number of nitrogens with zero attached hydrogens (tertiary/aromatic N) is 1. The molecule has 1 aromatic heterocycles. The Hall–Kier alpha value is -1.63. The van der Waals surface area contributed by atoms with Gasteiger partial charge in [0.05, 0.1) is 25.3 Å². The van der Waals surface area contributed by atoms with E-state index in [1.54, 1.807) is 6.92 Å². The highest BCUT2D eigenvalue weighted by atomic mass is 32.1. The van der Waals surface area contributed by atoms with E-state index < -0.39 is 0 Å². The van der Waals surface area contributed by atoms with Crippen molar-refractivity contribution in [2.24, 2.45) is 0 Å². The van der Waals surface area contributed by atoms with Gasteiger partial charge in [-0.05, 0) is 13.8 Å². The van der Waals surface area contributed by atoms with Crippen LogP contribution in [0.3, 0.4) is 0 Å². The molecule has 1 aromatic rings. The normalized spacial score (nSPS) is 10.0. The Morgan fingerprint density at radius 3 is 2.89 bits per heavy atom. The van der Waals surface area contributed by atoms with Gasteiger partial charge >= 0.3 is 5.97 Å². The Bertz CT molecular complexity index is 384. The molecule has 0 atom stereocenters. The van der Waals surface area contributed by atoms with Crippen molar-refractivity contribution in [2.75, 3.05) is 25.0 Å². The molecule has 0 aliphatic heterocycles. The third-order valence-corrected chi connectivity index (χ3v) is 3.07. The number of amides is 1. The van der Waals surface area contributed by atoms with E-state index in [4.69, 9.17) is 4.74 Å². The molecule has 6 nitrogen and oxygen atoms in total. The standard InChI is InChI=1S/C12H19N3O3S/c1-3-13-10(16)7-14-12-15-9(8-19-12)5-6-11(17)18-4-2/h8H,3-7H2,1-2H3,(H,13,16)(H,14,15). The van der Waals surface area contributed by atoms with Gasteiger partial charge in [0.25, 0.3) is 0 Å². The van der Waals surface area contributed by atoms with Gasteiger partial charge < -0.3 is 15.4 Å². The number of rotatable bonds is 8. The lowest BCUT2D eigenvalue weighted by Crippen LogP contribution is -2.29. The molecule has 19 heavy (non-hydrogen) atoms. The Morgan fingerprint density at radius 2 is 2.21 bits per heavy atom. The number of carbonyl (C=O) groups excluding carboxylic acids is 2. The van der Waals surface area contributed by atoms with Crippen molar-refractivity contribution in [3.05, 3.63) is 11.1 Å².